The van der Waals surface area contributed by atoms with Crippen molar-refractivity contribution in [3.8, 4) is 0 Å². The molecule has 0 spiro atoms. The van der Waals surface area contributed by atoms with E-state index in [1.807, 2.05) is 24.3 Å². The van der Waals surface area contributed by atoms with Crippen molar-refractivity contribution in [1.82, 2.24) is 0 Å². The summed E-state index contributed by atoms with van der Waals surface area (Å²) in [6.07, 6.45) is 44.1. The summed E-state index contributed by atoms with van der Waals surface area (Å²) in [5.41, 5.74) is 0. The third-order valence-corrected chi connectivity index (χ3v) is 9.82. The smallest absolute Gasteiger partial charge is 0.306 e. The Labute approximate surface area is 337 Å². The molecule has 0 aliphatic rings. The molecule has 0 fully saturated rings. The monoisotopic (exact) mass is 774 g/mol. The zero-order chi connectivity index (χ0) is 40.7. The van der Waals surface area contributed by atoms with Gasteiger partial charge >= 0.3 is 11.9 Å². The van der Waals surface area contributed by atoms with Gasteiger partial charge in [0.15, 0.2) is 6.10 Å². The summed E-state index contributed by atoms with van der Waals surface area (Å²) >= 11 is 0. The molecule has 0 amide bonds. The van der Waals surface area contributed by atoms with Gasteiger partial charge in [0, 0.05) is 19.3 Å². The van der Waals surface area contributed by atoms with Gasteiger partial charge in [-0.05, 0) is 32.1 Å². The molecule has 0 aromatic rings. The van der Waals surface area contributed by atoms with E-state index in [0.29, 0.717) is 12.8 Å². The molecule has 0 rings (SSSR count). The number of rotatable bonds is 39. The zero-order valence-electron chi connectivity index (χ0n) is 36.1. The predicted molar refractivity (Wildman–Crippen MR) is 226 cm³/mol. The predicted octanol–water partition coefficient (Wildman–Crippen LogP) is 10.7. The summed E-state index contributed by atoms with van der Waals surface area (Å²) in [7, 11) is 5.40. The summed E-state index contributed by atoms with van der Waals surface area (Å²) < 4.78 is 17.2. The van der Waals surface area contributed by atoms with Crippen LogP contribution in [0.5, 0.6) is 0 Å². The second-order valence-corrected chi connectivity index (χ2v) is 16.0. The van der Waals surface area contributed by atoms with E-state index >= 15 is 0 Å². The minimum Gasteiger partial charge on any atom is -0.544 e. The van der Waals surface area contributed by atoms with Crippen molar-refractivity contribution in [3.63, 3.8) is 0 Å². The molecule has 2 unspecified atom stereocenters. The number of carbonyl (C=O) groups excluding carboxylic acids is 3. The second kappa shape index (κ2) is 38.2. The number of ether oxygens (including phenoxy) is 3. The fraction of sp³-hybridized carbons (Fsp3) is 0.766. The first-order valence-corrected chi connectivity index (χ1v) is 22.2. The third-order valence-electron chi connectivity index (χ3n) is 9.82. The van der Waals surface area contributed by atoms with Crippen LogP contribution in [0.25, 0.3) is 0 Å². The summed E-state index contributed by atoms with van der Waals surface area (Å²) in [6, 6.07) is -0.729. The minimum atomic E-state index is -1.13. The second-order valence-electron chi connectivity index (χ2n) is 16.0. The lowest BCUT2D eigenvalue weighted by atomic mass is 10.0. The van der Waals surface area contributed by atoms with Crippen LogP contribution in [0.1, 0.15) is 181 Å². The number of carboxylic acid groups (broad SMARTS) is 1. The van der Waals surface area contributed by atoms with Gasteiger partial charge in [0.25, 0.3) is 0 Å². The number of aliphatic carboxylic acids is 1. The van der Waals surface area contributed by atoms with Crippen LogP contribution in [0, 0.1) is 0 Å². The molecule has 0 aromatic carbocycles. The minimum absolute atomic E-state index is 0.0339. The highest BCUT2D eigenvalue weighted by atomic mass is 16.6. The van der Waals surface area contributed by atoms with E-state index < -0.39 is 18.1 Å². The number of nitrogens with zero attached hydrogens (tertiary/aromatic N) is 1. The molecule has 0 bridgehead atoms. The molecule has 0 N–H and O–H groups in total. The van der Waals surface area contributed by atoms with Gasteiger partial charge < -0.3 is 28.6 Å². The number of quaternary nitrogens is 1. The van der Waals surface area contributed by atoms with Gasteiger partial charge in [-0.1, -0.05) is 178 Å². The number of unbranched alkanes of at least 4 members (excludes halogenated alkanes) is 20. The fourth-order valence-corrected chi connectivity index (χ4v) is 6.38. The van der Waals surface area contributed by atoms with Crippen molar-refractivity contribution in [2.75, 3.05) is 41.0 Å². The first-order chi connectivity index (χ1) is 26.6. The van der Waals surface area contributed by atoms with E-state index in [9.17, 15) is 19.5 Å². The highest BCUT2D eigenvalue weighted by molar-refractivity contribution is 5.70. The van der Waals surface area contributed by atoms with E-state index in [-0.39, 0.29) is 42.7 Å². The quantitative estimate of drug-likeness (QED) is 0.0265. The zero-order valence-corrected chi connectivity index (χ0v) is 36.1. The summed E-state index contributed by atoms with van der Waals surface area (Å²) in [6.45, 7) is 4.51. The fourth-order valence-electron chi connectivity index (χ4n) is 6.38. The van der Waals surface area contributed by atoms with E-state index in [1.165, 1.54) is 83.5 Å². The maximum atomic E-state index is 12.7. The summed E-state index contributed by atoms with van der Waals surface area (Å²) in [4.78, 5) is 36.8. The van der Waals surface area contributed by atoms with Gasteiger partial charge in [-0.2, -0.15) is 0 Å². The van der Waals surface area contributed by atoms with Crippen molar-refractivity contribution in [2.24, 2.45) is 0 Å². The SMILES string of the molecule is CC/C=C/C=C/C=C/C=C/CCCCCCCC(=O)OCC(COCCC(C(=O)[O-])[N+](C)(C)C)OC(=O)CCCCCCCCCCCCCCCCCC. The first kappa shape index (κ1) is 52.3. The molecule has 0 radical (unpaired) electrons. The van der Waals surface area contributed by atoms with E-state index in [2.05, 4.69) is 38.2 Å². The number of hydrogen-bond donors (Lipinski definition) is 0. The number of likely N-dealkylation sites (N-methyl/N-ethyl adjacent to an activating group) is 1. The Morgan fingerprint density at radius 2 is 1.02 bits per heavy atom. The lowest BCUT2D eigenvalue weighted by Gasteiger charge is -2.34. The van der Waals surface area contributed by atoms with Crippen LogP contribution in [0.3, 0.4) is 0 Å². The summed E-state index contributed by atoms with van der Waals surface area (Å²) in [5.74, 6) is -1.76. The number of hydrogen-bond acceptors (Lipinski definition) is 7. The van der Waals surface area contributed by atoms with Crippen molar-refractivity contribution < 1.29 is 38.2 Å². The van der Waals surface area contributed by atoms with Crippen molar-refractivity contribution in [2.45, 2.75) is 193 Å². The average Bonchev–Trinajstić information content (AvgIpc) is 3.14. The molecule has 2 atom stereocenters. The Bertz CT molecular complexity index is 1040. The number of esters is 2. The molecule has 8 heteroatoms. The summed E-state index contributed by atoms with van der Waals surface area (Å²) in [5, 5.41) is 11.6. The molecule has 55 heavy (non-hydrogen) atoms. The first-order valence-electron chi connectivity index (χ1n) is 22.2. The third kappa shape index (κ3) is 36.7. The average molecular weight is 774 g/mol. The van der Waals surface area contributed by atoms with Crippen LogP contribution in [0.15, 0.2) is 48.6 Å². The van der Waals surface area contributed by atoms with Crippen molar-refractivity contribution >= 4 is 17.9 Å². The molecule has 0 aliphatic carbocycles. The van der Waals surface area contributed by atoms with E-state index in [1.54, 1.807) is 21.1 Å². The topological polar surface area (TPSA) is 102 Å². The highest BCUT2D eigenvalue weighted by Gasteiger charge is 2.25. The molecule has 0 heterocycles. The van der Waals surface area contributed by atoms with Gasteiger partial charge in [0.2, 0.25) is 0 Å². The lowest BCUT2D eigenvalue weighted by Crippen LogP contribution is -2.55. The maximum Gasteiger partial charge on any atom is 0.306 e. The van der Waals surface area contributed by atoms with Gasteiger partial charge in [0.1, 0.15) is 12.6 Å². The molecule has 0 aliphatic heterocycles. The standard InChI is InChI=1S/C47H83NO7/c1-6-8-10-12-14-16-18-20-22-24-26-28-30-32-34-36-38-46(50)55-43(41-53-40-39-44(47(51)52)48(3,4)5)42-54-45(49)37-35-33-31-29-27-25-23-21-19-17-15-13-11-9-7-2/h9,11,13,15,17,19,21,23,43-44H,6-8,10,12,14,16,18,20,22,24-42H2,1-5H3/b11-9+,15-13+,19-17+,23-21+. The van der Waals surface area contributed by atoms with Crippen molar-refractivity contribution in [1.29, 1.82) is 0 Å². The van der Waals surface area contributed by atoms with Crippen LogP contribution in [-0.4, -0.2) is 75.5 Å². The van der Waals surface area contributed by atoms with Crippen LogP contribution < -0.4 is 5.11 Å². The van der Waals surface area contributed by atoms with Gasteiger partial charge in [0.05, 0.1) is 40.3 Å². The number of allylic oxidation sites excluding steroid dienone is 8. The van der Waals surface area contributed by atoms with Gasteiger partial charge in [-0.25, -0.2) is 0 Å². The Balaban J connectivity index is 4.37. The Morgan fingerprint density at radius 3 is 1.51 bits per heavy atom. The Morgan fingerprint density at radius 1 is 0.564 bits per heavy atom. The Kier molecular flexibility index (Phi) is 36.3. The lowest BCUT2D eigenvalue weighted by molar-refractivity contribution is -0.889. The normalized spacial score (nSPS) is 13.4. The molecule has 318 valence electrons. The molecule has 0 saturated heterocycles. The Hall–Kier alpha value is -2.71. The molecule has 8 nitrogen and oxygen atoms in total. The van der Waals surface area contributed by atoms with E-state index in [0.717, 1.165) is 64.2 Å². The highest BCUT2D eigenvalue weighted by Crippen LogP contribution is 2.15. The van der Waals surface area contributed by atoms with Crippen LogP contribution in [0.4, 0.5) is 0 Å². The largest absolute Gasteiger partial charge is 0.544 e. The number of carbonyl (C=O) groups is 3. The molecular formula is C47H83NO7. The van der Waals surface area contributed by atoms with Crippen LogP contribution in [0.2, 0.25) is 0 Å². The molecule has 0 aromatic heterocycles. The maximum absolute atomic E-state index is 12.7. The molecular weight excluding hydrogens is 691 g/mol. The van der Waals surface area contributed by atoms with Gasteiger partial charge in [-0.15, -0.1) is 0 Å². The van der Waals surface area contributed by atoms with Crippen LogP contribution in [-0.2, 0) is 28.6 Å². The molecule has 0 saturated carbocycles. The number of carboxylic acids is 1. The van der Waals surface area contributed by atoms with Crippen LogP contribution >= 0.6 is 0 Å². The van der Waals surface area contributed by atoms with Gasteiger partial charge in [-0.3, -0.25) is 9.59 Å². The van der Waals surface area contributed by atoms with E-state index in [4.69, 9.17) is 14.2 Å². The van der Waals surface area contributed by atoms with Crippen molar-refractivity contribution in [3.05, 3.63) is 48.6 Å².